The minimum absolute atomic E-state index is 0.289. The van der Waals surface area contributed by atoms with Crippen LogP contribution in [0.3, 0.4) is 0 Å². The Kier molecular flexibility index (Phi) is 5.14. The summed E-state index contributed by atoms with van der Waals surface area (Å²) in [7, 11) is 0. The van der Waals surface area contributed by atoms with E-state index in [9.17, 15) is 14.4 Å². The van der Waals surface area contributed by atoms with Crippen molar-refractivity contribution in [2.75, 3.05) is 6.54 Å². The fourth-order valence-electron chi connectivity index (χ4n) is 2.69. The van der Waals surface area contributed by atoms with Gasteiger partial charge in [-0.3, -0.25) is 14.4 Å². The van der Waals surface area contributed by atoms with E-state index in [1.807, 2.05) is 37.3 Å². The quantitative estimate of drug-likeness (QED) is 0.814. The summed E-state index contributed by atoms with van der Waals surface area (Å²) in [5.74, 6) is -1.70. The van der Waals surface area contributed by atoms with Gasteiger partial charge in [-0.05, 0) is 12.0 Å². The molecular weight excluding hydrogens is 284 g/mol. The number of carbonyl (C=O) groups excluding carboxylic acids is 2. The standard InChI is InChI=1S/C16H20N2O4/c1-2-8-18-13(9-11-6-4-3-5-7-11)15(21)17-12(16(18)22)10-14(19)20/h3-7,12-13H,2,8-10H2,1H3,(H,17,21)(H,19,20)/t12-,13-/m0/s1. The molecule has 1 saturated heterocycles. The Morgan fingerprint density at radius 2 is 1.95 bits per heavy atom. The molecule has 0 aromatic heterocycles. The van der Waals surface area contributed by atoms with Crippen molar-refractivity contribution < 1.29 is 19.5 Å². The third kappa shape index (κ3) is 3.63. The van der Waals surface area contributed by atoms with Crippen LogP contribution < -0.4 is 5.32 Å². The Morgan fingerprint density at radius 1 is 1.27 bits per heavy atom. The highest BCUT2D eigenvalue weighted by molar-refractivity contribution is 5.98. The number of nitrogens with zero attached hydrogens (tertiary/aromatic N) is 1. The van der Waals surface area contributed by atoms with Gasteiger partial charge in [0.25, 0.3) is 0 Å². The van der Waals surface area contributed by atoms with Gasteiger partial charge in [-0.15, -0.1) is 0 Å². The molecule has 0 saturated carbocycles. The predicted octanol–water partition coefficient (Wildman–Crippen LogP) is 0.809. The lowest BCUT2D eigenvalue weighted by molar-refractivity contribution is -0.152. The normalized spacial score (nSPS) is 21.6. The molecule has 22 heavy (non-hydrogen) atoms. The summed E-state index contributed by atoms with van der Waals surface area (Å²) in [6, 6.07) is 7.92. The van der Waals surface area contributed by atoms with Crippen molar-refractivity contribution in [3.8, 4) is 0 Å². The molecule has 1 aliphatic rings. The van der Waals surface area contributed by atoms with Crippen molar-refractivity contribution >= 4 is 17.8 Å². The molecule has 0 spiro atoms. The average Bonchev–Trinajstić information content (AvgIpc) is 2.48. The molecule has 0 unspecified atom stereocenters. The molecule has 0 radical (unpaired) electrons. The Morgan fingerprint density at radius 3 is 2.55 bits per heavy atom. The first kappa shape index (κ1) is 16.0. The molecule has 6 nitrogen and oxygen atoms in total. The lowest BCUT2D eigenvalue weighted by Gasteiger charge is -2.38. The monoisotopic (exact) mass is 304 g/mol. The Balaban J connectivity index is 2.19. The first-order chi connectivity index (χ1) is 10.5. The number of benzene rings is 1. The van der Waals surface area contributed by atoms with Gasteiger partial charge in [-0.1, -0.05) is 37.3 Å². The summed E-state index contributed by atoms with van der Waals surface area (Å²) in [4.78, 5) is 37.1. The van der Waals surface area contributed by atoms with Crippen LogP contribution in [0.4, 0.5) is 0 Å². The third-order valence-corrected chi connectivity index (χ3v) is 3.69. The van der Waals surface area contributed by atoms with Gasteiger partial charge in [0.2, 0.25) is 11.8 Å². The van der Waals surface area contributed by atoms with E-state index in [1.165, 1.54) is 4.90 Å². The van der Waals surface area contributed by atoms with Crippen molar-refractivity contribution in [3.63, 3.8) is 0 Å². The van der Waals surface area contributed by atoms with Crippen molar-refractivity contribution in [1.82, 2.24) is 10.2 Å². The van der Waals surface area contributed by atoms with Crippen LogP contribution in [-0.2, 0) is 20.8 Å². The SMILES string of the molecule is CCCN1C(=O)[C@H](CC(=O)O)NC(=O)[C@@H]1Cc1ccccc1. The number of carboxylic acids is 1. The van der Waals surface area contributed by atoms with Crippen LogP contribution in [0.5, 0.6) is 0 Å². The number of nitrogens with one attached hydrogen (secondary N) is 1. The number of hydrogen-bond donors (Lipinski definition) is 2. The first-order valence-electron chi connectivity index (χ1n) is 7.39. The predicted molar refractivity (Wildman–Crippen MR) is 80.1 cm³/mol. The summed E-state index contributed by atoms with van der Waals surface area (Å²) in [6.45, 7) is 2.37. The smallest absolute Gasteiger partial charge is 0.305 e. The lowest BCUT2D eigenvalue weighted by Crippen LogP contribution is -2.64. The van der Waals surface area contributed by atoms with E-state index in [0.29, 0.717) is 19.4 Å². The highest BCUT2D eigenvalue weighted by Gasteiger charge is 2.40. The summed E-state index contributed by atoms with van der Waals surface area (Å²) >= 11 is 0. The van der Waals surface area contributed by atoms with Gasteiger partial charge < -0.3 is 15.3 Å². The maximum absolute atomic E-state index is 12.4. The van der Waals surface area contributed by atoms with E-state index in [2.05, 4.69) is 5.32 Å². The van der Waals surface area contributed by atoms with Crippen molar-refractivity contribution in [1.29, 1.82) is 0 Å². The van der Waals surface area contributed by atoms with Gasteiger partial charge in [0.15, 0.2) is 0 Å². The highest BCUT2D eigenvalue weighted by Crippen LogP contribution is 2.17. The molecule has 2 atom stereocenters. The number of piperazine rings is 1. The summed E-state index contributed by atoms with van der Waals surface area (Å²) in [5, 5.41) is 11.4. The number of amides is 2. The Labute approximate surface area is 129 Å². The molecule has 1 aromatic carbocycles. The van der Waals surface area contributed by atoms with Crippen LogP contribution in [0.2, 0.25) is 0 Å². The second-order valence-corrected chi connectivity index (χ2v) is 5.40. The van der Waals surface area contributed by atoms with E-state index < -0.39 is 18.1 Å². The molecule has 2 N–H and O–H groups in total. The van der Waals surface area contributed by atoms with E-state index in [-0.39, 0.29) is 18.2 Å². The van der Waals surface area contributed by atoms with Gasteiger partial charge in [0.05, 0.1) is 6.42 Å². The maximum atomic E-state index is 12.4. The fourth-order valence-corrected chi connectivity index (χ4v) is 2.69. The zero-order valence-corrected chi connectivity index (χ0v) is 12.5. The van der Waals surface area contributed by atoms with Crippen molar-refractivity contribution in [3.05, 3.63) is 35.9 Å². The minimum atomic E-state index is -1.10. The topological polar surface area (TPSA) is 86.7 Å². The largest absolute Gasteiger partial charge is 0.481 e. The molecule has 118 valence electrons. The zero-order chi connectivity index (χ0) is 16.1. The number of carbonyl (C=O) groups is 3. The first-order valence-corrected chi connectivity index (χ1v) is 7.39. The van der Waals surface area contributed by atoms with E-state index in [4.69, 9.17) is 5.11 Å². The van der Waals surface area contributed by atoms with Gasteiger partial charge in [-0.25, -0.2) is 0 Å². The molecule has 1 fully saturated rings. The van der Waals surface area contributed by atoms with Crippen LogP contribution in [0.15, 0.2) is 30.3 Å². The molecule has 1 aromatic rings. The molecule has 1 aliphatic heterocycles. The van der Waals surface area contributed by atoms with Crippen LogP contribution >= 0.6 is 0 Å². The fraction of sp³-hybridized carbons (Fsp3) is 0.438. The van der Waals surface area contributed by atoms with Crippen LogP contribution in [0, 0.1) is 0 Å². The van der Waals surface area contributed by atoms with Gasteiger partial charge in [0, 0.05) is 13.0 Å². The molecular formula is C16H20N2O4. The number of hydrogen-bond acceptors (Lipinski definition) is 3. The van der Waals surface area contributed by atoms with E-state index in [1.54, 1.807) is 0 Å². The molecule has 2 rings (SSSR count). The minimum Gasteiger partial charge on any atom is -0.481 e. The number of carboxylic acid groups (broad SMARTS) is 1. The van der Waals surface area contributed by atoms with Crippen LogP contribution in [0.1, 0.15) is 25.3 Å². The summed E-state index contributed by atoms with van der Waals surface area (Å²) in [6.07, 6.45) is 0.755. The molecule has 0 bridgehead atoms. The van der Waals surface area contributed by atoms with E-state index in [0.717, 1.165) is 5.56 Å². The molecule has 0 aliphatic carbocycles. The van der Waals surface area contributed by atoms with Gasteiger partial charge in [-0.2, -0.15) is 0 Å². The third-order valence-electron chi connectivity index (χ3n) is 3.69. The summed E-state index contributed by atoms with van der Waals surface area (Å²) in [5.41, 5.74) is 0.966. The Hall–Kier alpha value is -2.37. The van der Waals surface area contributed by atoms with Crippen LogP contribution in [-0.4, -0.2) is 46.4 Å². The van der Waals surface area contributed by atoms with Crippen LogP contribution in [0.25, 0.3) is 0 Å². The number of aliphatic carboxylic acids is 1. The summed E-state index contributed by atoms with van der Waals surface area (Å²) < 4.78 is 0. The van der Waals surface area contributed by atoms with Crippen molar-refractivity contribution in [2.45, 2.75) is 38.3 Å². The lowest BCUT2D eigenvalue weighted by atomic mass is 9.98. The average molecular weight is 304 g/mol. The van der Waals surface area contributed by atoms with Crippen molar-refractivity contribution in [2.24, 2.45) is 0 Å². The molecule has 2 amide bonds. The second-order valence-electron chi connectivity index (χ2n) is 5.40. The van der Waals surface area contributed by atoms with E-state index >= 15 is 0 Å². The van der Waals surface area contributed by atoms with Gasteiger partial charge in [0.1, 0.15) is 12.1 Å². The zero-order valence-electron chi connectivity index (χ0n) is 12.5. The maximum Gasteiger partial charge on any atom is 0.305 e. The number of rotatable bonds is 6. The Bertz CT molecular complexity index is 559. The molecule has 1 heterocycles. The highest BCUT2D eigenvalue weighted by atomic mass is 16.4. The van der Waals surface area contributed by atoms with Gasteiger partial charge >= 0.3 is 5.97 Å². The second kappa shape index (κ2) is 7.06. The molecule has 6 heteroatoms.